The molecule has 1 N–H and O–H groups in total. The zero-order valence-corrected chi connectivity index (χ0v) is 17.4. The highest BCUT2D eigenvalue weighted by Crippen LogP contribution is 2.31. The van der Waals surface area contributed by atoms with Gasteiger partial charge in [-0.25, -0.2) is 13.1 Å². The van der Waals surface area contributed by atoms with Crippen LogP contribution in [0.25, 0.3) is 0 Å². The second-order valence-corrected chi connectivity index (χ2v) is 10.7. The number of hydrogen-bond donors (Lipinski definition) is 1. The maximum Gasteiger partial charge on any atom is 0.257 e. The number of nitrogens with one attached hydrogen (secondary N) is 1. The fraction of sp³-hybridized carbons (Fsp3) is 0.444. The van der Waals surface area contributed by atoms with Gasteiger partial charge in [-0.05, 0) is 34.5 Å². The second kappa shape index (κ2) is 6.81. The molecule has 2 heterocycles. The largest absolute Gasteiger partial charge is 0.307 e. The first kappa shape index (κ1) is 19.1. The molecule has 3 rings (SSSR count). The van der Waals surface area contributed by atoms with Crippen molar-refractivity contribution in [3.05, 3.63) is 46.1 Å². The van der Waals surface area contributed by atoms with Crippen molar-refractivity contribution < 1.29 is 13.2 Å². The average molecular weight is 440 g/mol. The topological polar surface area (TPSA) is 81.1 Å². The van der Waals surface area contributed by atoms with Crippen molar-refractivity contribution in [2.75, 3.05) is 16.8 Å². The molecule has 6 nitrogen and oxygen atoms in total. The number of sulfone groups is 1. The Bertz CT molecular complexity index is 945. The fourth-order valence-corrected chi connectivity index (χ4v) is 5.09. The molecule has 0 aliphatic carbocycles. The van der Waals surface area contributed by atoms with Crippen LogP contribution >= 0.6 is 15.9 Å². The number of halogens is 1. The normalized spacial score (nSPS) is 19.5. The van der Waals surface area contributed by atoms with Crippen LogP contribution in [0.4, 0.5) is 5.82 Å². The van der Waals surface area contributed by atoms with Crippen LogP contribution in [0.1, 0.15) is 49.3 Å². The van der Waals surface area contributed by atoms with Crippen LogP contribution in [-0.4, -0.2) is 35.6 Å². The van der Waals surface area contributed by atoms with Gasteiger partial charge in [0, 0.05) is 16.0 Å². The molecular weight excluding hydrogens is 418 g/mol. The number of carbonyl (C=O) groups is 1. The zero-order chi connectivity index (χ0) is 19.1. The van der Waals surface area contributed by atoms with Gasteiger partial charge in [0.05, 0.1) is 28.8 Å². The van der Waals surface area contributed by atoms with Crippen molar-refractivity contribution >= 4 is 37.5 Å². The molecule has 1 saturated heterocycles. The van der Waals surface area contributed by atoms with Crippen molar-refractivity contribution in [1.82, 2.24) is 9.78 Å². The van der Waals surface area contributed by atoms with Crippen molar-refractivity contribution in [3.8, 4) is 0 Å². The number of aromatic nitrogens is 2. The van der Waals surface area contributed by atoms with Gasteiger partial charge in [0.2, 0.25) is 0 Å². The molecule has 0 saturated carbocycles. The molecule has 1 aromatic heterocycles. The molecule has 2 aromatic rings. The Morgan fingerprint density at radius 3 is 2.58 bits per heavy atom. The first-order valence-corrected chi connectivity index (χ1v) is 11.0. The highest BCUT2D eigenvalue weighted by atomic mass is 79.9. The third-order valence-electron chi connectivity index (χ3n) is 4.42. The van der Waals surface area contributed by atoms with Crippen molar-refractivity contribution in [1.29, 1.82) is 0 Å². The quantitative estimate of drug-likeness (QED) is 0.792. The van der Waals surface area contributed by atoms with Crippen LogP contribution in [0, 0.1) is 0 Å². The van der Waals surface area contributed by atoms with Crippen molar-refractivity contribution in [2.45, 2.75) is 38.6 Å². The summed E-state index contributed by atoms with van der Waals surface area (Å²) < 4.78 is 26.1. The Labute approximate surface area is 162 Å². The standard InChI is InChI=1S/C18H22BrN3O3S/c1-18(2,3)15-10-16(20-17(23)13-6-4-5-7-14(13)19)22(21-15)12-8-9-26(24,25)11-12/h4-7,10,12H,8-9,11H2,1-3H3,(H,20,23). The molecule has 0 radical (unpaired) electrons. The highest BCUT2D eigenvalue weighted by molar-refractivity contribution is 9.10. The summed E-state index contributed by atoms with van der Waals surface area (Å²) in [4.78, 5) is 12.7. The molecule has 140 valence electrons. The van der Waals surface area contributed by atoms with E-state index in [9.17, 15) is 13.2 Å². The Kier molecular flexibility index (Phi) is 5.00. The molecule has 1 aliphatic rings. The molecular formula is C18H22BrN3O3S. The van der Waals surface area contributed by atoms with Crippen LogP contribution in [0.3, 0.4) is 0 Å². The maximum absolute atomic E-state index is 12.7. The first-order valence-electron chi connectivity index (χ1n) is 8.43. The van der Waals surface area contributed by atoms with Crippen LogP contribution in [0.5, 0.6) is 0 Å². The van der Waals surface area contributed by atoms with Gasteiger partial charge in [-0.1, -0.05) is 32.9 Å². The molecule has 8 heteroatoms. The van der Waals surface area contributed by atoms with Crippen LogP contribution < -0.4 is 5.32 Å². The summed E-state index contributed by atoms with van der Waals surface area (Å²) in [6, 6.07) is 8.74. The third kappa shape index (κ3) is 4.01. The Morgan fingerprint density at radius 1 is 1.31 bits per heavy atom. The monoisotopic (exact) mass is 439 g/mol. The van der Waals surface area contributed by atoms with E-state index in [4.69, 9.17) is 0 Å². The predicted octanol–water partition coefficient (Wildman–Crippen LogP) is 3.56. The smallest absolute Gasteiger partial charge is 0.257 e. The van der Waals surface area contributed by atoms with E-state index in [1.165, 1.54) is 0 Å². The number of nitrogens with zero attached hydrogens (tertiary/aromatic N) is 2. The summed E-state index contributed by atoms with van der Waals surface area (Å²) >= 11 is 3.38. The summed E-state index contributed by atoms with van der Waals surface area (Å²) in [7, 11) is -3.05. The second-order valence-electron chi connectivity index (χ2n) is 7.60. The van der Waals surface area contributed by atoms with Crippen molar-refractivity contribution in [2.24, 2.45) is 0 Å². The molecule has 0 spiro atoms. The minimum atomic E-state index is -3.05. The third-order valence-corrected chi connectivity index (χ3v) is 6.86. The molecule has 1 fully saturated rings. The van der Waals surface area contributed by atoms with E-state index in [0.29, 0.717) is 22.3 Å². The zero-order valence-electron chi connectivity index (χ0n) is 15.0. The van der Waals surface area contributed by atoms with E-state index in [2.05, 4.69) is 26.3 Å². The number of amides is 1. The number of carbonyl (C=O) groups excluding carboxylic acids is 1. The van der Waals surface area contributed by atoms with E-state index in [0.717, 1.165) is 5.69 Å². The van der Waals surface area contributed by atoms with Crippen LogP contribution in [0.15, 0.2) is 34.8 Å². The molecule has 26 heavy (non-hydrogen) atoms. The van der Waals surface area contributed by atoms with E-state index < -0.39 is 9.84 Å². The minimum absolute atomic E-state index is 0.0518. The fourth-order valence-electron chi connectivity index (χ4n) is 2.93. The number of benzene rings is 1. The number of anilines is 1. The molecule has 1 aliphatic heterocycles. The van der Waals surface area contributed by atoms with Gasteiger partial charge >= 0.3 is 0 Å². The average Bonchev–Trinajstić information content (AvgIpc) is 3.10. The summed E-state index contributed by atoms with van der Waals surface area (Å²) in [5.41, 5.74) is 1.11. The van der Waals surface area contributed by atoms with Gasteiger partial charge in [0.1, 0.15) is 5.82 Å². The summed E-state index contributed by atoms with van der Waals surface area (Å²) in [5, 5.41) is 7.53. The Balaban J connectivity index is 1.96. The molecule has 0 bridgehead atoms. The molecule has 1 aromatic carbocycles. The Morgan fingerprint density at radius 2 is 2.00 bits per heavy atom. The van der Waals surface area contributed by atoms with Crippen molar-refractivity contribution in [3.63, 3.8) is 0 Å². The van der Waals surface area contributed by atoms with Crippen LogP contribution in [0.2, 0.25) is 0 Å². The lowest BCUT2D eigenvalue weighted by Gasteiger charge is -2.15. The van der Waals surface area contributed by atoms with Gasteiger partial charge in [-0.15, -0.1) is 0 Å². The number of hydrogen-bond acceptors (Lipinski definition) is 4. The maximum atomic E-state index is 12.7. The van der Waals surface area contributed by atoms with Gasteiger partial charge in [0.15, 0.2) is 9.84 Å². The van der Waals surface area contributed by atoms with Crippen LogP contribution in [-0.2, 0) is 15.3 Å². The SMILES string of the molecule is CC(C)(C)c1cc(NC(=O)c2ccccc2Br)n(C2CCS(=O)(=O)C2)n1. The van der Waals surface area contributed by atoms with E-state index in [-0.39, 0.29) is 28.9 Å². The molecule has 1 amide bonds. The summed E-state index contributed by atoms with van der Waals surface area (Å²) in [6.07, 6.45) is 0.505. The van der Waals surface area contributed by atoms with Gasteiger partial charge in [-0.2, -0.15) is 5.10 Å². The number of rotatable bonds is 3. The highest BCUT2D eigenvalue weighted by Gasteiger charge is 2.33. The van der Waals surface area contributed by atoms with Gasteiger partial charge in [0.25, 0.3) is 5.91 Å². The van der Waals surface area contributed by atoms with E-state index in [1.54, 1.807) is 22.9 Å². The lowest BCUT2D eigenvalue weighted by molar-refractivity contribution is 0.102. The van der Waals surface area contributed by atoms with E-state index >= 15 is 0 Å². The summed E-state index contributed by atoms with van der Waals surface area (Å²) in [5.74, 6) is 0.466. The van der Waals surface area contributed by atoms with Gasteiger partial charge < -0.3 is 5.32 Å². The first-order chi connectivity index (χ1) is 12.1. The summed E-state index contributed by atoms with van der Waals surface area (Å²) in [6.45, 7) is 6.10. The van der Waals surface area contributed by atoms with Gasteiger partial charge in [-0.3, -0.25) is 4.79 Å². The van der Waals surface area contributed by atoms with E-state index in [1.807, 2.05) is 32.9 Å². The molecule has 1 atom stereocenters. The molecule has 1 unspecified atom stereocenters. The predicted molar refractivity (Wildman–Crippen MR) is 105 cm³/mol. The lowest BCUT2D eigenvalue weighted by atomic mass is 9.92. The lowest BCUT2D eigenvalue weighted by Crippen LogP contribution is -2.20. The minimum Gasteiger partial charge on any atom is -0.307 e. The Hall–Kier alpha value is -1.67.